The number of nitrogens with zero attached hydrogens (tertiary/aromatic N) is 1. The summed E-state index contributed by atoms with van der Waals surface area (Å²) in [5, 5.41) is 0. The normalized spacial score (nSPS) is 9.59. The molecule has 0 spiro atoms. The van der Waals surface area contributed by atoms with Gasteiger partial charge in [0.1, 0.15) is 12.3 Å². The minimum absolute atomic E-state index is 0.0681. The van der Waals surface area contributed by atoms with E-state index in [0.29, 0.717) is 11.3 Å². The number of carbonyl (C=O) groups is 2. The van der Waals surface area contributed by atoms with Crippen LogP contribution in [0.25, 0.3) is 0 Å². The van der Waals surface area contributed by atoms with E-state index in [1.165, 1.54) is 12.0 Å². The highest BCUT2D eigenvalue weighted by Gasteiger charge is 2.14. The van der Waals surface area contributed by atoms with E-state index in [0.717, 1.165) is 0 Å². The summed E-state index contributed by atoms with van der Waals surface area (Å²) >= 11 is 0. The molecule has 1 rings (SSSR count). The van der Waals surface area contributed by atoms with Crippen molar-refractivity contribution in [2.75, 3.05) is 27.8 Å². The number of ether oxygens (including phenoxy) is 2. The fourth-order valence-corrected chi connectivity index (χ4v) is 1.28. The maximum absolute atomic E-state index is 11.9. The van der Waals surface area contributed by atoms with Gasteiger partial charge in [0, 0.05) is 12.6 Å². The molecule has 0 saturated carbocycles. The molecule has 1 aromatic rings. The molecule has 17 heavy (non-hydrogen) atoms. The van der Waals surface area contributed by atoms with E-state index in [4.69, 9.17) is 4.74 Å². The van der Waals surface area contributed by atoms with Gasteiger partial charge in [-0.2, -0.15) is 0 Å². The van der Waals surface area contributed by atoms with Gasteiger partial charge in [-0.15, -0.1) is 0 Å². The summed E-state index contributed by atoms with van der Waals surface area (Å²) in [5.74, 6) is -0.00964. The van der Waals surface area contributed by atoms with Crippen LogP contribution in [0.3, 0.4) is 0 Å². The maximum atomic E-state index is 11.9. The smallest absolute Gasteiger partial charge is 0.325 e. The first-order chi connectivity index (χ1) is 8.08. The molecule has 0 aliphatic heterocycles. The quantitative estimate of drug-likeness (QED) is 0.731. The van der Waals surface area contributed by atoms with E-state index >= 15 is 0 Å². The van der Waals surface area contributed by atoms with Crippen LogP contribution in [0.2, 0.25) is 0 Å². The molecular formula is C12H15NO4. The molecule has 0 aromatic heterocycles. The standard InChI is InChI=1S/C12H15NO4/c1-13(8-11(14)17-3)12(15)9-4-6-10(16-2)7-5-9/h4-7H,8H2,1-3H3. The Morgan fingerprint density at radius 1 is 1.18 bits per heavy atom. The van der Waals surface area contributed by atoms with Crippen molar-refractivity contribution < 1.29 is 19.1 Å². The Labute approximate surface area is 99.9 Å². The van der Waals surface area contributed by atoms with Crippen LogP contribution in [0.4, 0.5) is 0 Å². The summed E-state index contributed by atoms with van der Waals surface area (Å²) in [7, 11) is 4.39. The Hall–Kier alpha value is -2.04. The largest absolute Gasteiger partial charge is 0.497 e. The van der Waals surface area contributed by atoms with Crippen LogP contribution >= 0.6 is 0 Å². The molecular weight excluding hydrogens is 222 g/mol. The van der Waals surface area contributed by atoms with Gasteiger partial charge in [0.2, 0.25) is 0 Å². The van der Waals surface area contributed by atoms with Gasteiger partial charge in [-0.25, -0.2) is 0 Å². The van der Waals surface area contributed by atoms with E-state index in [1.807, 2.05) is 0 Å². The number of hydrogen-bond acceptors (Lipinski definition) is 4. The summed E-state index contributed by atoms with van der Waals surface area (Å²) in [6, 6.07) is 6.68. The van der Waals surface area contributed by atoms with Crippen molar-refractivity contribution in [2.24, 2.45) is 0 Å². The molecule has 0 aliphatic rings. The lowest BCUT2D eigenvalue weighted by Gasteiger charge is -2.15. The SMILES string of the molecule is COC(=O)CN(C)C(=O)c1ccc(OC)cc1. The number of esters is 1. The second-order valence-corrected chi connectivity index (χ2v) is 3.47. The van der Waals surface area contributed by atoms with Gasteiger partial charge in [-0.3, -0.25) is 9.59 Å². The van der Waals surface area contributed by atoms with Gasteiger partial charge in [-0.05, 0) is 24.3 Å². The van der Waals surface area contributed by atoms with Crippen LogP contribution in [0.1, 0.15) is 10.4 Å². The molecule has 0 aliphatic carbocycles. The van der Waals surface area contributed by atoms with Crippen molar-refractivity contribution in [3.8, 4) is 5.75 Å². The third-order valence-electron chi connectivity index (χ3n) is 2.28. The lowest BCUT2D eigenvalue weighted by atomic mass is 10.2. The summed E-state index contributed by atoms with van der Waals surface area (Å²) in [6.45, 7) is -0.0681. The van der Waals surface area contributed by atoms with Crippen molar-refractivity contribution in [3.63, 3.8) is 0 Å². The lowest BCUT2D eigenvalue weighted by Crippen LogP contribution is -2.32. The molecule has 1 aromatic carbocycles. The number of methoxy groups -OCH3 is 2. The molecule has 0 radical (unpaired) electrons. The number of rotatable bonds is 4. The number of carbonyl (C=O) groups excluding carboxylic acids is 2. The van der Waals surface area contributed by atoms with Crippen molar-refractivity contribution in [1.29, 1.82) is 0 Å². The first-order valence-electron chi connectivity index (χ1n) is 5.04. The average Bonchev–Trinajstić information content (AvgIpc) is 2.37. The molecule has 5 heteroatoms. The summed E-state index contributed by atoms with van der Waals surface area (Å²) in [4.78, 5) is 24.2. The predicted molar refractivity (Wildman–Crippen MR) is 62.0 cm³/mol. The Bertz CT molecular complexity index is 399. The Morgan fingerprint density at radius 3 is 2.24 bits per heavy atom. The molecule has 1 amide bonds. The van der Waals surface area contributed by atoms with E-state index in [2.05, 4.69) is 4.74 Å². The highest BCUT2D eigenvalue weighted by atomic mass is 16.5. The Kier molecular flexibility index (Phi) is 4.51. The molecule has 0 bridgehead atoms. The average molecular weight is 237 g/mol. The Morgan fingerprint density at radius 2 is 1.76 bits per heavy atom. The van der Waals surface area contributed by atoms with E-state index in [9.17, 15) is 9.59 Å². The van der Waals surface area contributed by atoms with Crippen LogP contribution in [0.5, 0.6) is 5.75 Å². The summed E-state index contributed by atoms with van der Waals surface area (Å²) < 4.78 is 9.48. The van der Waals surface area contributed by atoms with E-state index < -0.39 is 5.97 Å². The minimum Gasteiger partial charge on any atom is -0.497 e. The monoisotopic (exact) mass is 237 g/mol. The van der Waals surface area contributed by atoms with Gasteiger partial charge in [-0.1, -0.05) is 0 Å². The maximum Gasteiger partial charge on any atom is 0.325 e. The topological polar surface area (TPSA) is 55.8 Å². The van der Waals surface area contributed by atoms with Gasteiger partial charge in [0.05, 0.1) is 14.2 Å². The third-order valence-corrected chi connectivity index (χ3v) is 2.28. The molecule has 0 fully saturated rings. The summed E-state index contributed by atoms with van der Waals surface area (Å²) in [5.41, 5.74) is 0.497. The highest BCUT2D eigenvalue weighted by Crippen LogP contribution is 2.12. The van der Waals surface area contributed by atoms with E-state index in [1.54, 1.807) is 38.4 Å². The van der Waals surface area contributed by atoms with Gasteiger partial charge in [0.15, 0.2) is 0 Å². The Balaban J connectivity index is 2.71. The third kappa shape index (κ3) is 3.48. The number of amides is 1. The lowest BCUT2D eigenvalue weighted by molar-refractivity contribution is -0.141. The zero-order valence-electron chi connectivity index (χ0n) is 10.1. The first-order valence-corrected chi connectivity index (χ1v) is 5.04. The number of likely N-dealkylation sites (N-methyl/N-ethyl adjacent to an activating group) is 1. The molecule has 0 heterocycles. The highest BCUT2D eigenvalue weighted by molar-refractivity contribution is 5.95. The molecule has 0 unspecified atom stereocenters. The first kappa shape index (κ1) is 13.0. The van der Waals surface area contributed by atoms with Crippen LogP contribution in [0, 0.1) is 0 Å². The second kappa shape index (κ2) is 5.89. The molecule has 0 N–H and O–H groups in total. The fourth-order valence-electron chi connectivity index (χ4n) is 1.28. The minimum atomic E-state index is -0.450. The van der Waals surface area contributed by atoms with Gasteiger partial charge >= 0.3 is 5.97 Å². The van der Waals surface area contributed by atoms with Crippen LogP contribution < -0.4 is 4.74 Å². The van der Waals surface area contributed by atoms with Crippen LogP contribution in [-0.2, 0) is 9.53 Å². The van der Waals surface area contributed by atoms with E-state index in [-0.39, 0.29) is 12.5 Å². The molecule has 0 atom stereocenters. The van der Waals surface area contributed by atoms with Crippen molar-refractivity contribution in [3.05, 3.63) is 29.8 Å². The second-order valence-electron chi connectivity index (χ2n) is 3.47. The number of hydrogen-bond donors (Lipinski definition) is 0. The van der Waals surface area contributed by atoms with Gasteiger partial charge in [0.25, 0.3) is 5.91 Å². The predicted octanol–water partition coefficient (Wildman–Crippen LogP) is 0.940. The van der Waals surface area contributed by atoms with Crippen molar-refractivity contribution in [1.82, 2.24) is 4.90 Å². The number of benzene rings is 1. The summed E-state index contributed by atoms with van der Waals surface area (Å²) in [6.07, 6.45) is 0. The molecule has 5 nitrogen and oxygen atoms in total. The zero-order chi connectivity index (χ0) is 12.8. The molecule has 92 valence electrons. The van der Waals surface area contributed by atoms with Crippen molar-refractivity contribution in [2.45, 2.75) is 0 Å². The van der Waals surface area contributed by atoms with Crippen LogP contribution in [0.15, 0.2) is 24.3 Å². The zero-order valence-corrected chi connectivity index (χ0v) is 10.1. The van der Waals surface area contributed by atoms with Gasteiger partial charge < -0.3 is 14.4 Å². The molecule has 0 saturated heterocycles. The van der Waals surface area contributed by atoms with Crippen LogP contribution in [-0.4, -0.2) is 44.6 Å². The fraction of sp³-hybridized carbons (Fsp3) is 0.333. The van der Waals surface area contributed by atoms with Crippen molar-refractivity contribution >= 4 is 11.9 Å².